The summed E-state index contributed by atoms with van der Waals surface area (Å²) >= 11 is 7.18. The molecule has 2 rings (SSSR count). The smallest absolute Gasteiger partial charge is 0.233 e. The predicted molar refractivity (Wildman–Crippen MR) is 87.3 cm³/mol. The lowest BCUT2D eigenvalue weighted by Gasteiger charge is -2.11. The van der Waals surface area contributed by atoms with Crippen molar-refractivity contribution in [3.8, 4) is 5.75 Å². The van der Waals surface area contributed by atoms with Crippen LogP contribution in [0.5, 0.6) is 5.75 Å². The fourth-order valence-corrected chi connectivity index (χ4v) is 2.53. The van der Waals surface area contributed by atoms with Crippen LogP contribution in [0.15, 0.2) is 47.9 Å². The Kier molecular flexibility index (Phi) is 6.48. The zero-order valence-corrected chi connectivity index (χ0v) is 13.6. The molecule has 0 unspecified atom stereocenters. The third kappa shape index (κ3) is 5.54. The lowest BCUT2D eigenvalue weighted by Crippen LogP contribution is -2.34. The van der Waals surface area contributed by atoms with Gasteiger partial charge in [0.1, 0.15) is 12.4 Å². The Labute approximate surface area is 138 Å². The van der Waals surface area contributed by atoms with Crippen LogP contribution in [-0.4, -0.2) is 34.3 Å². The molecule has 1 heterocycles. The van der Waals surface area contributed by atoms with E-state index in [1.165, 1.54) is 11.8 Å². The number of nitrogens with zero attached hydrogens (tertiary/aromatic N) is 2. The Hall–Kier alpha value is -1.79. The number of carbonyl (C=O) groups is 1. The van der Waals surface area contributed by atoms with Crippen molar-refractivity contribution in [3.05, 3.63) is 47.7 Å². The van der Waals surface area contributed by atoms with E-state index in [0.717, 1.165) is 0 Å². The fourth-order valence-electron chi connectivity index (χ4n) is 1.60. The summed E-state index contributed by atoms with van der Waals surface area (Å²) in [6.07, 6.45) is 3.30. The summed E-state index contributed by atoms with van der Waals surface area (Å²) in [5.74, 6) is 0.606. The van der Waals surface area contributed by atoms with Crippen molar-refractivity contribution in [2.24, 2.45) is 0 Å². The Bertz CT molecular complexity index is 613. The molecule has 7 heteroatoms. The highest BCUT2D eigenvalue weighted by Gasteiger charge is 2.15. The molecular weight excluding hydrogens is 322 g/mol. The maximum atomic E-state index is 11.9. The molecule has 116 valence electrons. The van der Waals surface area contributed by atoms with Crippen molar-refractivity contribution in [2.75, 3.05) is 13.2 Å². The van der Waals surface area contributed by atoms with Gasteiger partial charge in [-0.05, 0) is 31.2 Å². The molecule has 1 amide bonds. The summed E-state index contributed by atoms with van der Waals surface area (Å²) < 4.78 is 5.50. The van der Waals surface area contributed by atoms with Crippen LogP contribution in [0.4, 0.5) is 0 Å². The molecule has 0 spiro atoms. The van der Waals surface area contributed by atoms with Crippen LogP contribution in [0.1, 0.15) is 6.92 Å². The SMILES string of the molecule is C[C@H](Sc1ncccn1)C(=O)NCCOc1cccc(Cl)c1. The largest absolute Gasteiger partial charge is 0.492 e. The maximum absolute atomic E-state index is 11.9. The van der Waals surface area contributed by atoms with Gasteiger partial charge in [0.05, 0.1) is 11.8 Å². The number of benzene rings is 1. The Morgan fingerprint density at radius 3 is 2.86 bits per heavy atom. The van der Waals surface area contributed by atoms with E-state index in [2.05, 4.69) is 15.3 Å². The second kappa shape index (κ2) is 8.60. The fraction of sp³-hybridized carbons (Fsp3) is 0.267. The summed E-state index contributed by atoms with van der Waals surface area (Å²) in [5.41, 5.74) is 0. The van der Waals surface area contributed by atoms with Gasteiger partial charge in [-0.15, -0.1) is 0 Å². The number of ether oxygens (including phenoxy) is 1. The van der Waals surface area contributed by atoms with Crippen LogP contribution in [0.25, 0.3) is 0 Å². The standard InChI is InChI=1S/C15H16ClN3O2S/c1-11(22-15-18-6-3-7-19-15)14(20)17-8-9-21-13-5-2-4-12(16)10-13/h2-7,10-11H,8-9H2,1H3,(H,17,20)/t11-/m0/s1. The average Bonchev–Trinajstić information content (AvgIpc) is 2.52. The van der Waals surface area contributed by atoms with E-state index in [9.17, 15) is 4.79 Å². The molecule has 0 aliphatic carbocycles. The van der Waals surface area contributed by atoms with Gasteiger partial charge in [-0.2, -0.15) is 0 Å². The van der Waals surface area contributed by atoms with E-state index < -0.39 is 0 Å². The monoisotopic (exact) mass is 337 g/mol. The van der Waals surface area contributed by atoms with E-state index in [1.807, 2.05) is 19.1 Å². The molecule has 22 heavy (non-hydrogen) atoms. The Balaban J connectivity index is 1.69. The third-order valence-corrected chi connectivity index (χ3v) is 3.88. The van der Waals surface area contributed by atoms with Crippen molar-refractivity contribution in [1.82, 2.24) is 15.3 Å². The van der Waals surface area contributed by atoms with E-state index in [1.54, 1.807) is 30.6 Å². The van der Waals surface area contributed by atoms with Crippen LogP contribution in [0.3, 0.4) is 0 Å². The van der Waals surface area contributed by atoms with Gasteiger partial charge in [0.15, 0.2) is 5.16 Å². The van der Waals surface area contributed by atoms with E-state index in [0.29, 0.717) is 29.1 Å². The normalized spacial score (nSPS) is 11.7. The summed E-state index contributed by atoms with van der Waals surface area (Å²) in [7, 11) is 0. The number of rotatable bonds is 7. The second-order valence-corrected chi connectivity index (χ2v) is 6.13. The van der Waals surface area contributed by atoms with Gasteiger partial charge < -0.3 is 10.1 Å². The average molecular weight is 338 g/mol. The molecule has 0 aliphatic heterocycles. The highest BCUT2D eigenvalue weighted by atomic mass is 35.5. The number of hydrogen-bond donors (Lipinski definition) is 1. The van der Waals surface area contributed by atoms with Crippen LogP contribution >= 0.6 is 23.4 Å². The third-order valence-electron chi connectivity index (χ3n) is 2.66. The van der Waals surface area contributed by atoms with Crippen LogP contribution in [-0.2, 0) is 4.79 Å². The maximum Gasteiger partial charge on any atom is 0.233 e. The molecule has 5 nitrogen and oxygen atoms in total. The lowest BCUT2D eigenvalue weighted by molar-refractivity contribution is -0.120. The number of hydrogen-bond acceptors (Lipinski definition) is 5. The molecule has 1 atom stereocenters. The van der Waals surface area contributed by atoms with Gasteiger partial charge in [0.25, 0.3) is 0 Å². The summed E-state index contributed by atoms with van der Waals surface area (Å²) in [6.45, 7) is 2.62. The van der Waals surface area contributed by atoms with Gasteiger partial charge in [-0.3, -0.25) is 4.79 Å². The molecule has 0 aliphatic rings. The molecule has 1 N–H and O–H groups in total. The number of thioether (sulfide) groups is 1. The Morgan fingerprint density at radius 2 is 2.14 bits per heavy atom. The van der Waals surface area contributed by atoms with Gasteiger partial charge in [-0.1, -0.05) is 29.4 Å². The zero-order valence-electron chi connectivity index (χ0n) is 12.0. The molecule has 0 saturated heterocycles. The van der Waals surface area contributed by atoms with Crippen molar-refractivity contribution in [3.63, 3.8) is 0 Å². The molecule has 0 saturated carbocycles. The molecule has 1 aromatic carbocycles. The molecule has 0 bridgehead atoms. The minimum Gasteiger partial charge on any atom is -0.492 e. The number of nitrogens with one attached hydrogen (secondary N) is 1. The summed E-state index contributed by atoms with van der Waals surface area (Å²) in [6, 6.07) is 8.88. The van der Waals surface area contributed by atoms with Gasteiger partial charge in [0, 0.05) is 17.4 Å². The zero-order chi connectivity index (χ0) is 15.8. The first-order valence-electron chi connectivity index (χ1n) is 6.75. The minimum atomic E-state index is -0.270. The van der Waals surface area contributed by atoms with Gasteiger partial charge >= 0.3 is 0 Å². The van der Waals surface area contributed by atoms with Crippen molar-refractivity contribution in [1.29, 1.82) is 0 Å². The highest BCUT2D eigenvalue weighted by Crippen LogP contribution is 2.18. The molecular formula is C15H16ClN3O2S. The summed E-state index contributed by atoms with van der Waals surface area (Å²) in [4.78, 5) is 20.1. The van der Waals surface area contributed by atoms with E-state index in [-0.39, 0.29) is 11.2 Å². The van der Waals surface area contributed by atoms with Crippen LogP contribution in [0.2, 0.25) is 5.02 Å². The first kappa shape index (κ1) is 16.6. The molecule has 1 aromatic heterocycles. The van der Waals surface area contributed by atoms with Gasteiger partial charge in [0.2, 0.25) is 5.91 Å². The topological polar surface area (TPSA) is 64.1 Å². The molecule has 2 aromatic rings. The quantitative estimate of drug-likeness (QED) is 0.478. The first-order valence-corrected chi connectivity index (χ1v) is 8.00. The van der Waals surface area contributed by atoms with Gasteiger partial charge in [-0.25, -0.2) is 9.97 Å². The number of amides is 1. The summed E-state index contributed by atoms with van der Waals surface area (Å²) in [5, 5.41) is 3.75. The van der Waals surface area contributed by atoms with Crippen LogP contribution in [0, 0.1) is 0 Å². The van der Waals surface area contributed by atoms with Crippen molar-refractivity contribution in [2.45, 2.75) is 17.3 Å². The van der Waals surface area contributed by atoms with E-state index >= 15 is 0 Å². The second-order valence-electron chi connectivity index (χ2n) is 4.39. The minimum absolute atomic E-state index is 0.0767. The van der Waals surface area contributed by atoms with Crippen molar-refractivity contribution >= 4 is 29.3 Å². The molecule has 0 fully saturated rings. The number of carbonyl (C=O) groups excluding carboxylic acids is 1. The van der Waals surface area contributed by atoms with E-state index in [4.69, 9.17) is 16.3 Å². The number of halogens is 1. The molecule has 0 radical (unpaired) electrons. The van der Waals surface area contributed by atoms with Crippen LogP contribution < -0.4 is 10.1 Å². The predicted octanol–water partition coefficient (Wildman–Crippen LogP) is 2.81. The highest BCUT2D eigenvalue weighted by molar-refractivity contribution is 8.00. The number of aromatic nitrogens is 2. The lowest BCUT2D eigenvalue weighted by atomic mass is 10.3. The Morgan fingerprint density at radius 1 is 1.36 bits per heavy atom. The first-order chi connectivity index (χ1) is 10.6. The van der Waals surface area contributed by atoms with Crippen molar-refractivity contribution < 1.29 is 9.53 Å².